The Balaban J connectivity index is 1.17. The van der Waals surface area contributed by atoms with Crippen LogP contribution in [0.2, 0.25) is 0 Å². The summed E-state index contributed by atoms with van der Waals surface area (Å²) in [6.45, 7) is 2.41. The minimum Gasteiger partial charge on any atom is -0.0655 e. The van der Waals surface area contributed by atoms with Crippen molar-refractivity contribution in [1.82, 2.24) is 0 Å². The van der Waals surface area contributed by atoms with Crippen LogP contribution in [0.4, 0.5) is 0 Å². The lowest BCUT2D eigenvalue weighted by atomic mass is 9.80. The molecule has 0 heterocycles. The smallest absolute Gasteiger partial charge is 0.00255 e. The highest BCUT2D eigenvalue weighted by molar-refractivity contribution is 5.72. The third-order valence-corrected chi connectivity index (χ3v) is 7.87. The van der Waals surface area contributed by atoms with Crippen LogP contribution in [0.25, 0.3) is 5.57 Å². The van der Waals surface area contributed by atoms with Gasteiger partial charge in [-0.3, -0.25) is 0 Å². The molecule has 1 fully saturated rings. The molecule has 1 saturated carbocycles. The molecule has 0 N–H and O–H groups in total. The maximum atomic E-state index is 2.46. The van der Waals surface area contributed by atoms with Crippen LogP contribution in [0.5, 0.6) is 0 Å². The fourth-order valence-corrected chi connectivity index (χ4v) is 5.75. The van der Waals surface area contributed by atoms with Gasteiger partial charge in [0.05, 0.1) is 0 Å². The van der Waals surface area contributed by atoms with E-state index in [4.69, 9.17) is 0 Å². The maximum absolute atomic E-state index is 2.46. The standard InChI is InChI=1S/C34H38/c1-26-13-15-28(16-14-26)21-30-9-5-10-31(22-30)23-32-11-6-12-33(25-32)34-20-19-29(24-34)18-17-27-7-3-2-4-8-27/h2-12,19-20,22,25-26,28H,13-18,21,23-24H2,1H3. The van der Waals surface area contributed by atoms with E-state index in [1.807, 2.05) is 0 Å². The van der Waals surface area contributed by atoms with Crippen LogP contribution in [0.15, 0.2) is 96.6 Å². The maximum Gasteiger partial charge on any atom is -0.00255 e. The summed E-state index contributed by atoms with van der Waals surface area (Å²) in [7, 11) is 0. The average Bonchev–Trinajstić information content (AvgIpc) is 3.35. The molecule has 174 valence electrons. The monoisotopic (exact) mass is 446 g/mol. The van der Waals surface area contributed by atoms with E-state index in [-0.39, 0.29) is 0 Å². The third-order valence-electron chi connectivity index (χ3n) is 7.87. The number of benzene rings is 3. The van der Waals surface area contributed by atoms with E-state index in [2.05, 4.69) is 97.9 Å². The second-order valence-electron chi connectivity index (χ2n) is 10.7. The van der Waals surface area contributed by atoms with Crippen LogP contribution < -0.4 is 0 Å². The van der Waals surface area contributed by atoms with Gasteiger partial charge < -0.3 is 0 Å². The van der Waals surface area contributed by atoms with E-state index >= 15 is 0 Å². The summed E-state index contributed by atoms with van der Waals surface area (Å²) in [5.74, 6) is 1.81. The van der Waals surface area contributed by atoms with Gasteiger partial charge in [0.15, 0.2) is 0 Å². The van der Waals surface area contributed by atoms with Crippen LogP contribution in [0.3, 0.4) is 0 Å². The molecule has 34 heavy (non-hydrogen) atoms. The molecule has 0 aliphatic heterocycles. The molecule has 0 atom stereocenters. The van der Waals surface area contributed by atoms with Gasteiger partial charge in [0.25, 0.3) is 0 Å². The van der Waals surface area contributed by atoms with Gasteiger partial charge in [-0.2, -0.15) is 0 Å². The Morgan fingerprint density at radius 2 is 1.35 bits per heavy atom. The topological polar surface area (TPSA) is 0 Å². The minimum atomic E-state index is 0.882. The summed E-state index contributed by atoms with van der Waals surface area (Å²) in [6.07, 6.45) is 16.0. The Hall–Kier alpha value is -2.86. The summed E-state index contributed by atoms with van der Waals surface area (Å²) in [6, 6.07) is 29.4. The van der Waals surface area contributed by atoms with Gasteiger partial charge in [-0.1, -0.05) is 116 Å². The molecule has 3 aromatic rings. The largest absolute Gasteiger partial charge is 0.0655 e. The van der Waals surface area contributed by atoms with Crippen molar-refractivity contribution in [2.24, 2.45) is 11.8 Å². The van der Waals surface area contributed by atoms with Crippen molar-refractivity contribution in [3.8, 4) is 0 Å². The summed E-state index contributed by atoms with van der Waals surface area (Å²) in [5, 5.41) is 0. The average molecular weight is 447 g/mol. The number of rotatable bonds is 8. The Bertz CT molecular complexity index is 1140. The summed E-state index contributed by atoms with van der Waals surface area (Å²) in [5.41, 5.74) is 10.2. The second kappa shape index (κ2) is 11.0. The molecule has 5 rings (SSSR count). The van der Waals surface area contributed by atoms with Crippen molar-refractivity contribution in [3.05, 3.63) is 124 Å². The lowest BCUT2D eigenvalue weighted by Crippen LogP contribution is -2.14. The van der Waals surface area contributed by atoms with Gasteiger partial charge in [-0.25, -0.2) is 0 Å². The molecule has 0 nitrogen and oxygen atoms in total. The van der Waals surface area contributed by atoms with Gasteiger partial charge in [-0.05, 0) is 90.2 Å². The Kier molecular flexibility index (Phi) is 7.44. The molecular weight excluding hydrogens is 408 g/mol. The third kappa shape index (κ3) is 6.17. The quantitative estimate of drug-likeness (QED) is 0.324. The minimum absolute atomic E-state index is 0.882. The molecule has 0 unspecified atom stereocenters. The zero-order chi connectivity index (χ0) is 23.2. The van der Waals surface area contributed by atoms with Gasteiger partial charge in [-0.15, -0.1) is 0 Å². The van der Waals surface area contributed by atoms with Crippen molar-refractivity contribution in [2.75, 3.05) is 0 Å². The zero-order valence-electron chi connectivity index (χ0n) is 20.7. The van der Waals surface area contributed by atoms with E-state index in [1.54, 1.807) is 5.57 Å². The summed E-state index contributed by atoms with van der Waals surface area (Å²) < 4.78 is 0. The molecule has 0 saturated heterocycles. The summed E-state index contributed by atoms with van der Waals surface area (Å²) >= 11 is 0. The van der Waals surface area contributed by atoms with Crippen LogP contribution in [-0.2, 0) is 19.3 Å². The van der Waals surface area contributed by atoms with Crippen molar-refractivity contribution in [2.45, 2.75) is 64.7 Å². The van der Waals surface area contributed by atoms with E-state index in [0.29, 0.717) is 0 Å². The predicted octanol–water partition coefficient (Wildman–Crippen LogP) is 8.99. The first kappa shape index (κ1) is 22.9. The van der Waals surface area contributed by atoms with Gasteiger partial charge in [0, 0.05) is 0 Å². The molecule has 3 aromatic carbocycles. The highest BCUT2D eigenvalue weighted by Gasteiger charge is 2.18. The van der Waals surface area contributed by atoms with E-state index in [9.17, 15) is 0 Å². The van der Waals surface area contributed by atoms with E-state index in [1.165, 1.54) is 65.5 Å². The molecule has 0 amide bonds. The highest BCUT2D eigenvalue weighted by Crippen LogP contribution is 2.32. The highest BCUT2D eigenvalue weighted by atomic mass is 14.2. The van der Waals surface area contributed by atoms with Gasteiger partial charge in [0.2, 0.25) is 0 Å². The van der Waals surface area contributed by atoms with Crippen molar-refractivity contribution in [3.63, 3.8) is 0 Å². The molecule has 0 radical (unpaired) electrons. The first-order chi connectivity index (χ1) is 16.7. The number of hydrogen-bond donors (Lipinski definition) is 0. The van der Waals surface area contributed by atoms with Gasteiger partial charge >= 0.3 is 0 Å². The first-order valence-corrected chi connectivity index (χ1v) is 13.3. The summed E-state index contributed by atoms with van der Waals surface area (Å²) in [4.78, 5) is 0. The molecular formula is C34H38. The number of aryl methyl sites for hydroxylation is 1. The molecule has 0 bridgehead atoms. The lowest BCUT2D eigenvalue weighted by molar-refractivity contribution is 0.289. The van der Waals surface area contributed by atoms with Crippen LogP contribution in [0.1, 0.15) is 73.3 Å². The molecule has 0 spiro atoms. The first-order valence-electron chi connectivity index (χ1n) is 13.3. The van der Waals surface area contributed by atoms with E-state index < -0.39 is 0 Å². The van der Waals surface area contributed by atoms with Crippen molar-refractivity contribution >= 4 is 5.57 Å². The number of allylic oxidation sites excluding steroid dienone is 4. The van der Waals surface area contributed by atoms with Crippen molar-refractivity contribution in [1.29, 1.82) is 0 Å². The fourth-order valence-electron chi connectivity index (χ4n) is 5.75. The Morgan fingerprint density at radius 3 is 2.18 bits per heavy atom. The molecule has 0 heteroatoms. The SMILES string of the molecule is CC1CCC(Cc2cccc(Cc3cccc(C4=CC=C(CCc5ccccc5)C4)c3)c2)CC1. The Labute approximate surface area is 206 Å². The second-order valence-corrected chi connectivity index (χ2v) is 10.7. The van der Waals surface area contributed by atoms with E-state index in [0.717, 1.165) is 37.5 Å². The molecule has 0 aromatic heterocycles. The predicted molar refractivity (Wildman–Crippen MR) is 146 cm³/mol. The van der Waals surface area contributed by atoms with Crippen molar-refractivity contribution < 1.29 is 0 Å². The van der Waals surface area contributed by atoms with Crippen LogP contribution in [0, 0.1) is 11.8 Å². The number of hydrogen-bond acceptors (Lipinski definition) is 0. The molecule has 2 aliphatic carbocycles. The van der Waals surface area contributed by atoms with Crippen LogP contribution in [-0.4, -0.2) is 0 Å². The fraction of sp³-hybridized carbons (Fsp3) is 0.353. The lowest BCUT2D eigenvalue weighted by Gasteiger charge is -2.26. The zero-order valence-corrected chi connectivity index (χ0v) is 20.7. The Morgan fingerprint density at radius 1 is 0.647 bits per heavy atom. The van der Waals surface area contributed by atoms with Gasteiger partial charge in [0.1, 0.15) is 0 Å². The van der Waals surface area contributed by atoms with Crippen LogP contribution >= 0.6 is 0 Å². The molecule has 2 aliphatic rings. The normalized spacial score (nSPS) is 20.1.